The van der Waals surface area contributed by atoms with E-state index in [-0.39, 0.29) is 24.0 Å². The van der Waals surface area contributed by atoms with E-state index in [1.165, 1.54) is 32.6 Å². The Morgan fingerprint density at radius 2 is 1.67 bits per heavy atom. The predicted molar refractivity (Wildman–Crippen MR) is 149 cm³/mol. The summed E-state index contributed by atoms with van der Waals surface area (Å²) in [6.45, 7) is -0.744. The molecule has 0 atom stereocenters. The highest BCUT2D eigenvalue weighted by Crippen LogP contribution is 2.33. The highest BCUT2D eigenvalue weighted by atomic mass is 35.5. The minimum Gasteiger partial charge on any atom is -0.497 e. The van der Waals surface area contributed by atoms with Crippen molar-refractivity contribution in [2.24, 2.45) is 5.10 Å². The standard InChI is InChI=1S/C26H27ClN4O7S/c1-36-20-12-13-23(24(14-20)37-2)31(39(3,34)35)16-25(32)30-28-15-18-8-10-19(11-9-18)38-17-26(33)29-22-7-5-4-6-21(22)27/h4-15H,16-17H2,1-3H3,(H,29,33)(H,30,32)/b28-15-. The lowest BCUT2D eigenvalue weighted by atomic mass is 10.2. The van der Waals surface area contributed by atoms with Gasteiger partial charge in [0.05, 0.1) is 43.1 Å². The molecule has 3 rings (SSSR count). The Labute approximate surface area is 231 Å². The van der Waals surface area contributed by atoms with E-state index < -0.39 is 22.5 Å². The molecule has 11 nitrogen and oxygen atoms in total. The summed E-state index contributed by atoms with van der Waals surface area (Å²) < 4.78 is 41.6. The largest absolute Gasteiger partial charge is 0.497 e. The molecule has 0 aliphatic carbocycles. The average Bonchev–Trinajstić information content (AvgIpc) is 2.91. The van der Waals surface area contributed by atoms with Gasteiger partial charge in [-0.15, -0.1) is 0 Å². The first-order chi connectivity index (χ1) is 18.6. The van der Waals surface area contributed by atoms with Gasteiger partial charge in [0.15, 0.2) is 6.61 Å². The van der Waals surface area contributed by atoms with E-state index in [4.69, 9.17) is 25.8 Å². The monoisotopic (exact) mass is 574 g/mol. The smallest absolute Gasteiger partial charge is 0.262 e. The summed E-state index contributed by atoms with van der Waals surface area (Å²) in [6, 6.07) is 18.0. The molecule has 0 spiro atoms. The fourth-order valence-electron chi connectivity index (χ4n) is 3.26. The van der Waals surface area contributed by atoms with Crippen molar-refractivity contribution in [3.05, 3.63) is 77.3 Å². The normalized spacial score (nSPS) is 11.1. The van der Waals surface area contributed by atoms with Gasteiger partial charge in [0, 0.05) is 6.07 Å². The van der Waals surface area contributed by atoms with Gasteiger partial charge >= 0.3 is 0 Å². The molecule has 0 heterocycles. The maximum atomic E-state index is 12.5. The number of hydrazone groups is 1. The van der Waals surface area contributed by atoms with Gasteiger partial charge in [0.2, 0.25) is 10.0 Å². The molecule has 0 unspecified atom stereocenters. The first kappa shape index (κ1) is 29.3. The molecule has 0 fully saturated rings. The number of nitrogens with zero attached hydrogens (tertiary/aromatic N) is 2. The summed E-state index contributed by atoms with van der Waals surface area (Å²) in [6.07, 6.45) is 2.36. The number of anilines is 2. The number of amides is 2. The average molecular weight is 575 g/mol. The molecular formula is C26H27ClN4O7S. The van der Waals surface area contributed by atoms with Crippen LogP contribution in [-0.2, 0) is 19.6 Å². The topological polar surface area (TPSA) is 136 Å². The van der Waals surface area contributed by atoms with Crippen LogP contribution in [0, 0.1) is 0 Å². The van der Waals surface area contributed by atoms with E-state index in [0.29, 0.717) is 27.8 Å². The van der Waals surface area contributed by atoms with Gasteiger partial charge in [-0.3, -0.25) is 13.9 Å². The van der Waals surface area contributed by atoms with Crippen molar-refractivity contribution in [1.29, 1.82) is 0 Å². The molecule has 2 N–H and O–H groups in total. The molecule has 206 valence electrons. The van der Waals surface area contributed by atoms with Crippen LogP contribution in [0.15, 0.2) is 71.8 Å². The first-order valence-electron chi connectivity index (χ1n) is 11.4. The van der Waals surface area contributed by atoms with Gasteiger partial charge in [-0.1, -0.05) is 23.7 Å². The Morgan fingerprint density at radius 1 is 0.974 bits per heavy atom. The predicted octanol–water partition coefficient (Wildman–Crippen LogP) is 3.29. The molecule has 13 heteroatoms. The van der Waals surface area contributed by atoms with Crippen LogP contribution in [0.3, 0.4) is 0 Å². The molecule has 2 amide bonds. The van der Waals surface area contributed by atoms with Gasteiger partial charge in [-0.2, -0.15) is 5.10 Å². The number of halogens is 1. The Balaban J connectivity index is 1.55. The second-order valence-corrected chi connectivity index (χ2v) is 10.3. The number of hydrogen-bond donors (Lipinski definition) is 2. The van der Waals surface area contributed by atoms with E-state index in [2.05, 4.69) is 15.8 Å². The number of ether oxygens (including phenoxy) is 3. The van der Waals surface area contributed by atoms with Crippen molar-refractivity contribution in [3.63, 3.8) is 0 Å². The lowest BCUT2D eigenvalue weighted by Crippen LogP contribution is -2.39. The van der Waals surface area contributed by atoms with Crippen molar-refractivity contribution in [2.75, 3.05) is 43.2 Å². The van der Waals surface area contributed by atoms with Gasteiger partial charge in [0.25, 0.3) is 11.8 Å². The van der Waals surface area contributed by atoms with Crippen LogP contribution in [0.4, 0.5) is 11.4 Å². The summed E-state index contributed by atoms with van der Waals surface area (Å²) in [5, 5.41) is 6.97. The zero-order chi connectivity index (χ0) is 28.4. The van der Waals surface area contributed by atoms with Crippen LogP contribution in [0.2, 0.25) is 5.02 Å². The number of hydrogen-bond acceptors (Lipinski definition) is 8. The number of methoxy groups -OCH3 is 2. The minimum atomic E-state index is -3.83. The summed E-state index contributed by atoms with van der Waals surface area (Å²) in [4.78, 5) is 24.6. The molecule has 0 saturated carbocycles. The number of carbonyl (C=O) groups excluding carboxylic acids is 2. The number of sulfonamides is 1. The van der Waals surface area contributed by atoms with Gasteiger partial charge in [0.1, 0.15) is 23.8 Å². The van der Waals surface area contributed by atoms with Crippen LogP contribution >= 0.6 is 11.6 Å². The van der Waals surface area contributed by atoms with Crippen LogP contribution < -0.4 is 29.3 Å². The molecule has 0 aliphatic rings. The van der Waals surface area contributed by atoms with E-state index in [9.17, 15) is 18.0 Å². The minimum absolute atomic E-state index is 0.177. The third-order valence-electron chi connectivity index (χ3n) is 5.14. The number of benzene rings is 3. The summed E-state index contributed by atoms with van der Waals surface area (Å²) >= 11 is 6.03. The number of rotatable bonds is 12. The molecule has 0 bridgehead atoms. The van der Waals surface area contributed by atoms with E-state index >= 15 is 0 Å². The van der Waals surface area contributed by atoms with Crippen molar-refractivity contribution in [1.82, 2.24) is 5.43 Å². The second-order valence-electron chi connectivity index (χ2n) is 7.99. The SMILES string of the molecule is COc1ccc(N(CC(=O)N/N=C\c2ccc(OCC(=O)Nc3ccccc3Cl)cc2)S(C)(=O)=O)c(OC)c1. The van der Waals surface area contributed by atoms with E-state index in [0.717, 1.165) is 10.6 Å². The Bertz CT molecular complexity index is 1450. The third kappa shape index (κ3) is 8.62. The molecule has 0 radical (unpaired) electrons. The number of nitrogens with one attached hydrogen (secondary N) is 2. The summed E-state index contributed by atoms with van der Waals surface area (Å²) in [7, 11) is -0.975. The van der Waals surface area contributed by atoms with Crippen molar-refractivity contribution < 1.29 is 32.2 Å². The zero-order valence-corrected chi connectivity index (χ0v) is 23.0. The molecule has 0 aromatic heterocycles. The second kappa shape index (κ2) is 13.5. The maximum Gasteiger partial charge on any atom is 0.262 e. The highest BCUT2D eigenvalue weighted by Gasteiger charge is 2.24. The van der Waals surface area contributed by atoms with Crippen LogP contribution in [0.25, 0.3) is 0 Å². The molecule has 0 aliphatic heterocycles. The van der Waals surface area contributed by atoms with Gasteiger partial charge < -0.3 is 19.5 Å². The fourth-order valence-corrected chi connectivity index (χ4v) is 4.31. The Morgan fingerprint density at radius 3 is 2.31 bits per heavy atom. The van der Waals surface area contributed by atoms with Crippen molar-refractivity contribution in [2.45, 2.75) is 0 Å². The van der Waals surface area contributed by atoms with Crippen molar-refractivity contribution >= 4 is 51.0 Å². The van der Waals surface area contributed by atoms with E-state index in [1.54, 1.807) is 54.6 Å². The highest BCUT2D eigenvalue weighted by molar-refractivity contribution is 7.92. The number of para-hydroxylation sites is 1. The fraction of sp³-hybridized carbons (Fsp3) is 0.192. The molecule has 39 heavy (non-hydrogen) atoms. The lowest BCUT2D eigenvalue weighted by molar-refractivity contribution is -0.119. The van der Waals surface area contributed by atoms with Crippen molar-refractivity contribution in [3.8, 4) is 17.2 Å². The van der Waals surface area contributed by atoms with Gasteiger partial charge in [-0.25, -0.2) is 13.8 Å². The number of carbonyl (C=O) groups is 2. The Kier molecular flexibility index (Phi) is 10.1. The molecule has 3 aromatic rings. The first-order valence-corrected chi connectivity index (χ1v) is 13.6. The maximum absolute atomic E-state index is 12.5. The molecule has 0 saturated heterocycles. The molecule has 3 aromatic carbocycles. The quantitative estimate of drug-likeness (QED) is 0.250. The van der Waals surface area contributed by atoms with E-state index in [1.807, 2.05) is 0 Å². The zero-order valence-electron chi connectivity index (χ0n) is 21.4. The summed E-state index contributed by atoms with van der Waals surface area (Å²) in [5.41, 5.74) is 3.60. The van der Waals surface area contributed by atoms with Crippen LogP contribution in [-0.4, -0.2) is 60.1 Å². The third-order valence-corrected chi connectivity index (χ3v) is 6.60. The Hall–Kier alpha value is -4.29. The van der Waals surface area contributed by atoms with Crippen LogP contribution in [0.1, 0.15) is 5.56 Å². The lowest BCUT2D eigenvalue weighted by Gasteiger charge is -2.23. The van der Waals surface area contributed by atoms with Gasteiger partial charge in [-0.05, 0) is 54.1 Å². The summed E-state index contributed by atoms with van der Waals surface area (Å²) in [5.74, 6) is 0.100. The molecular weight excluding hydrogens is 548 g/mol. The van der Waals surface area contributed by atoms with Crippen LogP contribution in [0.5, 0.6) is 17.2 Å².